The summed E-state index contributed by atoms with van der Waals surface area (Å²) in [5.41, 5.74) is 3.04. The third-order valence-electron chi connectivity index (χ3n) is 5.45. The first-order valence-corrected chi connectivity index (χ1v) is 9.64. The lowest BCUT2D eigenvalue weighted by Gasteiger charge is -2.35. The molecule has 0 spiro atoms. The highest BCUT2D eigenvalue weighted by Crippen LogP contribution is 2.37. The predicted octanol–water partition coefficient (Wildman–Crippen LogP) is 3.58. The van der Waals surface area contributed by atoms with Crippen LogP contribution in [0.2, 0.25) is 0 Å². The summed E-state index contributed by atoms with van der Waals surface area (Å²) in [6.07, 6.45) is 1.65. The first-order chi connectivity index (χ1) is 14.1. The second kappa shape index (κ2) is 7.98. The average Bonchev–Trinajstić information content (AvgIpc) is 2.77. The van der Waals surface area contributed by atoms with Crippen LogP contribution in [0.3, 0.4) is 0 Å². The number of piperazine rings is 1. The van der Waals surface area contributed by atoms with Crippen molar-refractivity contribution in [2.45, 2.75) is 13.0 Å². The van der Waals surface area contributed by atoms with Gasteiger partial charge in [0.2, 0.25) is 0 Å². The Morgan fingerprint density at radius 1 is 1.10 bits per heavy atom. The Labute approximate surface area is 170 Å². The molecule has 1 aliphatic rings. The van der Waals surface area contributed by atoms with Crippen LogP contribution in [-0.4, -0.2) is 38.8 Å². The minimum absolute atomic E-state index is 0.219. The monoisotopic (exact) mass is 388 g/mol. The molecule has 148 valence electrons. The number of hydrogen-bond acceptors (Lipinski definition) is 6. The summed E-state index contributed by atoms with van der Waals surface area (Å²) in [7, 11) is 3.21. The maximum absolute atomic E-state index is 9.55. The van der Waals surface area contributed by atoms with E-state index in [9.17, 15) is 5.26 Å². The van der Waals surface area contributed by atoms with E-state index in [1.165, 1.54) is 11.1 Å². The fraction of sp³-hybridized carbons (Fsp3) is 0.304. The van der Waals surface area contributed by atoms with Gasteiger partial charge < -0.3 is 19.7 Å². The van der Waals surface area contributed by atoms with Gasteiger partial charge in [0.1, 0.15) is 11.9 Å². The minimum Gasteiger partial charge on any atom is -0.493 e. The number of benzene rings is 2. The molecule has 1 unspecified atom stereocenters. The lowest BCUT2D eigenvalue weighted by Crippen LogP contribution is -2.46. The average molecular weight is 388 g/mol. The molecule has 0 bridgehead atoms. The van der Waals surface area contributed by atoms with E-state index in [2.05, 4.69) is 52.5 Å². The van der Waals surface area contributed by atoms with E-state index in [4.69, 9.17) is 9.47 Å². The van der Waals surface area contributed by atoms with Gasteiger partial charge in [-0.25, -0.2) is 4.98 Å². The molecule has 1 aromatic heterocycles. The van der Waals surface area contributed by atoms with Crippen LogP contribution in [-0.2, 0) is 0 Å². The Bertz CT molecular complexity index is 1070. The molecule has 0 saturated carbocycles. The van der Waals surface area contributed by atoms with E-state index in [-0.39, 0.29) is 6.04 Å². The molecular formula is C23H24N4O2. The minimum atomic E-state index is 0.219. The number of hydrogen-bond donors (Lipinski definition) is 1. The third kappa shape index (κ3) is 3.57. The summed E-state index contributed by atoms with van der Waals surface area (Å²) in [5, 5.41) is 14.9. The summed E-state index contributed by atoms with van der Waals surface area (Å²) in [6, 6.07) is 14.9. The molecule has 0 amide bonds. The topological polar surface area (TPSA) is 70.4 Å². The van der Waals surface area contributed by atoms with Gasteiger partial charge in [-0.15, -0.1) is 0 Å². The van der Waals surface area contributed by atoms with Gasteiger partial charge in [0.05, 0.1) is 19.8 Å². The largest absolute Gasteiger partial charge is 0.493 e. The van der Waals surface area contributed by atoms with Gasteiger partial charge in [0.15, 0.2) is 11.5 Å². The summed E-state index contributed by atoms with van der Waals surface area (Å²) >= 11 is 0. The second-order valence-electron chi connectivity index (χ2n) is 7.22. The van der Waals surface area contributed by atoms with Gasteiger partial charge in [0, 0.05) is 42.6 Å². The molecule has 4 rings (SSSR count). The van der Waals surface area contributed by atoms with E-state index >= 15 is 0 Å². The van der Waals surface area contributed by atoms with Crippen LogP contribution in [0.5, 0.6) is 11.5 Å². The maximum atomic E-state index is 9.55. The zero-order valence-corrected chi connectivity index (χ0v) is 16.9. The van der Waals surface area contributed by atoms with Crippen molar-refractivity contribution in [1.29, 1.82) is 5.26 Å². The molecule has 0 radical (unpaired) electrons. The van der Waals surface area contributed by atoms with Crippen molar-refractivity contribution in [3.05, 3.63) is 59.3 Å². The Morgan fingerprint density at radius 3 is 2.45 bits per heavy atom. The van der Waals surface area contributed by atoms with Crippen molar-refractivity contribution in [2.24, 2.45) is 0 Å². The second-order valence-corrected chi connectivity index (χ2v) is 7.22. The molecule has 1 saturated heterocycles. The maximum Gasteiger partial charge on any atom is 0.161 e. The number of nitrogens with one attached hydrogen (secondary N) is 1. The Morgan fingerprint density at radius 2 is 1.79 bits per heavy atom. The van der Waals surface area contributed by atoms with Gasteiger partial charge >= 0.3 is 0 Å². The number of pyridine rings is 1. The molecule has 0 aliphatic carbocycles. The molecule has 3 aromatic rings. The number of anilines is 1. The van der Waals surface area contributed by atoms with Crippen molar-refractivity contribution in [1.82, 2.24) is 10.3 Å². The van der Waals surface area contributed by atoms with Crippen LogP contribution in [0.15, 0.2) is 42.6 Å². The molecule has 1 atom stereocenters. The number of rotatable bonds is 4. The van der Waals surface area contributed by atoms with Crippen molar-refractivity contribution in [3.63, 3.8) is 0 Å². The fourth-order valence-electron chi connectivity index (χ4n) is 3.86. The van der Waals surface area contributed by atoms with E-state index in [0.717, 1.165) is 36.2 Å². The number of nitriles is 1. The molecule has 1 N–H and O–H groups in total. The van der Waals surface area contributed by atoms with E-state index in [0.29, 0.717) is 17.1 Å². The van der Waals surface area contributed by atoms with E-state index < -0.39 is 0 Å². The number of ether oxygens (including phenoxy) is 2. The van der Waals surface area contributed by atoms with Crippen LogP contribution in [0.1, 0.15) is 22.7 Å². The quantitative estimate of drug-likeness (QED) is 0.737. The highest BCUT2D eigenvalue weighted by molar-refractivity contribution is 5.98. The van der Waals surface area contributed by atoms with Gasteiger partial charge in [-0.1, -0.05) is 29.8 Å². The number of fused-ring (bicyclic) bond motifs is 1. The molecule has 1 fully saturated rings. The van der Waals surface area contributed by atoms with Gasteiger partial charge in [-0.2, -0.15) is 5.26 Å². The van der Waals surface area contributed by atoms with Crippen LogP contribution < -0.4 is 19.7 Å². The summed E-state index contributed by atoms with van der Waals surface area (Å²) in [6.45, 7) is 4.59. The SMILES string of the molecule is COc1cc2c(C#N)cnc(N3CCNC(c4ccc(C)cc4)C3)c2cc1OC. The number of aromatic nitrogens is 1. The van der Waals surface area contributed by atoms with E-state index in [1.54, 1.807) is 20.4 Å². The van der Waals surface area contributed by atoms with Crippen LogP contribution in [0.4, 0.5) is 5.82 Å². The number of aryl methyl sites for hydroxylation is 1. The van der Waals surface area contributed by atoms with Crippen molar-refractivity contribution >= 4 is 16.6 Å². The molecule has 2 aromatic carbocycles. The molecule has 2 heterocycles. The summed E-state index contributed by atoms with van der Waals surface area (Å²) in [4.78, 5) is 6.93. The molecular weight excluding hydrogens is 364 g/mol. The summed E-state index contributed by atoms with van der Waals surface area (Å²) < 4.78 is 10.9. The van der Waals surface area contributed by atoms with Crippen LogP contribution >= 0.6 is 0 Å². The Hall–Kier alpha value is -3.30. The third-order valence-corrected chi connectivity index (χ3v) is 5.45. The highest BCUT2D eigenvalue weighted by Gasteiger charge is 2.24. The molecule has 6 heteroatoms. The lowest BCUT2D eigenvalue weighted by molar-refractivity contribution is 0.356. The van der Waals surface area contributed by atoms with Crippen molar-refractivity contribution < 1.29 is 9.47 Å². The normalized spacial score (nSPS) is 16.5. The zero-order chi connectivity index (χ0) is 20.4. The first kappa shape index (κ1) is 19.0. The summed E-state index contributed by atoms with van der Waals surface area (Å²) in [5.74, 6) is 2.09. The number of nitrogens with zero attached hydrogens (tertiary/aromatic N) is 3. The van der Waals surface area contributed by atoms with Crippen molar-refractivity contribution in [3.8, 4) is 17.6 Å². The Balaban J connectivity index is 1.76. The highest BCUT2D eigenvalue weighted by atomic mass is 16.5. The smallest absolute Gasteiger partial charge is 0.161 e. The van der Waals surface area contributed by atoms with Crippen molar-refractivity contribution in [2.75, 3.05) is 38.8 Å². The number of methoxy groups -OCH3 is 2. The molecule has 29 heavy (non-hydrogen) atoms. The van der Waals surface area contributed by atoms with E-state index in [1.807, 2.05) is 12.1 Å². The molecule has 1 aliphatic heterocycles. The van der Waals surface area contributed by atoms with Gasteiger partial charge in [0.25, 0.3) is 0 Å². The predicted molar refractivity (Wildman–Crippen MR) is 114 cm³/mol. The lowest BCUT2D eigenvalue weighted by atomic mass is 10.0. The van der Waals surface area contributed by atoms with Gasteiger partial charge in [-0.3, -0.25) is 0 Å². The Kier molecular flexibility index (Phi) is 5.24. The zero-order valence-electron chi connectivity index (χ0n) is 16.9. The fourth-order valence-corrected chi connectivity index (χ4v) is 3.86. The van der Waals surface area contributed by atoms with Crippen LogP contribution in [0.25, 0.3) is 10.8 Å². The standard InChI is InChI=1S/C23H24N4O2/c1-15-4-6-16(7-5-15)20-14-27(9-8-25-20)23-19-11-22(29-3)21(28-2)10-18(19)17(12-24)13-26-23/h4-7,10-11,13,20,25H,8-9,14H2,1-3H3. The molecule has 6 nitrogen and oxygen atoms in total. The first-order valence-electron chi connectivity index (χ1n) is 9.64. The van der Waals surface area contributed by atoms with Gasteiger partial charge in [-0.05, 0) is 24.6 Å². The van der Waals surface area contributed by atoms with Crippen LogP contribution in [0, 0.1) is 18.3 Å².